The van der Waals surface area contributed by atoms with E-state index in [1.165, 1.54) is 6.07 Å². The Morgan fingerprint density at radius 1 is 1.25 bits per heavy atom. The number of halogens is 1. The lowest BCUT2D eigenvalue weighted by molar-refractivity contribution is 0.0343. The van der Waals surface area contributed by atoms with E-state index in [2.05, 4.69) is 15.1 Å². The maximum absolute atomic E-state index is 13.8. The molecule has 1 aromatic rings. The first-order valence-electron chi connectivity index (χ1n) is 8.71. The minimum absolute atomic E-state index is 0.0992. The zero-order chi connectivity index (χ0) is 16.9. The molecule has 2 aliphatic rings. The van der Waals surface area contributed by atoms with Crippen LogP contribution in [0, 0.1) is 12.7 Å². The van der Waals surface area contributed by atoms with E-state index in [1.54, 1.807) is 12.1 Å². The number of amides is 1. The Hall–Kier alpha value is -1.50. The smallest absolute Gasteiger partial charge is 0.254 e. The number of ether oxygens (including phenoxy) is 1. The number of nitrogens with one attached hydrogen (secondary N) is 1. The fraction of sp³-hybridized carbons (Fsp3) is 0.611. The maximum atomic E-state index is 13.8. The first-order valence-corrected chi connectivity index (χ1v) is 8.71. The third kappa shape index (κ3) is 4.53. The van der Waals surface area contributed by atoms with Gasteiger partial charge in [0.2, 0.25) is 0 Å². The number of morpholine rings is 1. The molecule has 2 saturated heterocycles. The number of rotatable bonds is 5. The molecule has 24 heavy (non-hydrogen) atoms. The molecule has 132 valence electrons. The van der Waals surface area contributed by atoms with Crippen LogP contribution in [0.4, 0.5) is 4.39 Å². The highest BCUT2D eigenvalue weighted by atomic mass is 19.1. The summed E-state index contributed by atoms with van der Waals surface area (Å²) >= 11 is 0. The van der Waals surface area contributed by atoms with Gasteiger partial charge < -0.3 is 10.1 Å². The summed E-state index contributed by atoms with van der Waals surface area (Å²) in [5.41, 5.74) is 1.03. The Morgan fingerprint density at radius 3 is 2.79 bits per heavy atom. The van der Waals surface area contributed by atoms with E-state index in [9.17, 15) is 9.18 Å². The SMILES string of the molecule is Cc1ccc(F)c(C(=O)NC2CCN(CCN3CCOCC3)C2)c1. The third-order valence-corrected chi connectivity index (χ3v) is 4.81. The summed E-state index contributed by atoms with van der Waals surface area (Å²) in [5, 5.41) is 2.98. The Morgan fingerprint density at radius 2 is 2.00 bits per heavy atom. The number of hydrogen-bond acceptors (Lipinski definition) is 4. The van der Waals surface area contributed by atoms with E-state index >= 15 is 0 Å². The number of nitrogens with zero attached hydrogens (tertiary/aromatic N) is 2. The molecule has 1 atom stereocenters. The van der Waals surface area contributed by atoms with Gasteiger partial charge in [0.25, 0.3) is 5.91 Å². The van der Waals surface area contributed by atoms with Crippen LogP contribution >= 0.6 is 0 Å². The predicted octanol–water partition coefficient (Wildman–Crippen LogP) is 1.27. The summed E-state index contributed by atoms with van der Waals surface area (Å²) in [5.74, 6) is -0.767. The fourth-order valence-corrected chi connectivity index (χ4v) is 3.34. The van der Waals surface area contributed by atoms with Crippen LogP contribution < -0.4 is 5.32 Å². The number of carbonyl (C=O) groups is 1. The van der Waals surface area contributed by atoms with Gasteiger partial charge in [-0.25, -0.2) is 4.39 Å². The van der Waals surface area contributed by atoms with Gasteiger partial charge in [-0.3, -0.25) is 14.6 Å². The van der Waals surface area contributed by atoms with Crippen molar-refractivity contribution in [3.8, 4) is 0 Å². The van der Waals surface area contributed by atoms with E-state index < -0.39 is 5.82 Å². The van der Waals surface area contributed by atoms with Gasteiger partial charge in [0, 0.05) is 45.3 Å². The first-order chi connectivity index (χ1) is 11.6. The van der Waals surface area contributed by atoms with Crippen LogP contribution in [0.1, 0.15) is 22.3 Å². The van der Waals surface area contributed by atoms with Crippen LogP contribution in [-0.2, 0) is 4.74 Å². The van der Waals surface area contributed by atoms with Crippen LogP contribution in [0.5, 0.6) is 0 Å². The van der Waals surface area contributed by atoms with Crippen molar-refractivity contribution in [1.29, 1.82) is 0 Å². The molecule has 0 bridgehead atoms. The molecule has 3 rings (SSSR count). The molecule has 6 heteroatoms. The van der Waals surface area contributed by atoms with Gasteiger partial charge in [0.15, 0.2) is 0 Å². The van der Waals surface area contributed by atoms with Crippen molar-refractivity contribution in [2.24, 2.45) is 0 Å². The van der Waals surface area contributed by atoms with Crippen molar-refractivity contribution in [3.05, 3.63) is 35.1 Å². The van der Waals surface area contributed by atoms with Crippen molar-refractivity contribution in [2.45, 2.75) is 19.4 Å². The molecule has 1 amide bonds. The van der Waals surface area contributed by atoms with E-state index in [0.29, 0.717) is 0 Å². The number of carbonyl (C=O) groups excluding carboxylic acids is 1. The molecule has 1 N–H and O–H groups in total. The van der Waals surface area contributed by atoms with Gasteiger partial charge in [-0.15, -0.1) is 0 Å². The Bertz CT molecular complexity index is 575. The van der Waals surface area contributed by atoms with Gasteiger partial charge in [0.05, 0.1) is 18.8 Å². The topological polar surface area (TPSA) is 44.8 Å². The molecule has 2 heterocycles. The average molecular weight is 335 g/mol. The molecule has 1 unspecified atom stereocenters. The van der Waals surface area contributed by atoms with Crippen LogP contribution in [0.2, 0.25) is 0 Å². The summed E-state index contributed by atoms with van der Waals surface area (Å²) in [4.78, 5) is 17.1. The van der Waals surface area contributed by atoms with Crippen molar-refractivity contribution in [1.82, 2.24) is 15.1 Å². The Kier molecular flexibility index (Phi) is 5.81. The molecule has 2 aliphatic heterocycles. The van der Waals surface area contributed by atoms with E-state index in [-0.39, 0.29) is 17.5 Å². The molecule has 1 aromatic carbocycles. The summed E-state index contributed by atoms with van der Waals surface area (Å²) in [7, 11) is 0. The number of likely N-dealkylation sites (tertiary alicyclic amines) is 1. The molecule has 0 saturated carbocycles. The van der Waals surface area contributed by atoms with Crippen LogP contribution in [0.15, 0.2) is 18.2 Å². The van der Waals surface area contributed by atoms with Crippen molar-refractivity contribution in [3.63, 3.8) is 0 Å². The second kappa shape index (κ2) is 8.05. The second-order valence-corrected chi connectivity index (χ2v) is 6.70. The van der Waals surface area contributed by atoms with E-state index in [4.69, 9.17) is 4.74 Å². The predicted molar refractivity (Wildman–Crippen MR) is 90.7 cm³/mol. The normalized spacial score (nSPS) is 22.7. The van der Waals surface area contributed by atoms with Crippen LogP contribution in [0.3, 0.4) is 0 Å². The average Bonchev–Trinajstić information content (AvgIpc) is 3.03. The number of hydrogen-bond donors (Lipinski definition) is 1. The lowest BCUT2D eigenvalue weighted by atomic mass is 10.1. The first kappa shape index (κ1) is 17.3. The summed E-state index contributed by atoms with van der Waals surface area (Å²) in [6, 6.07) is 4.74. The monoisotopic (exact) mass is 335 g/mol. The highest BCUT2D eigenvalue weighted by molar-refractivity contribution is 5.94. The molecule has 0 spiro atoms. The molecular weight excluding hydrogens is 309 g/mol. The highest BCUT2D eigenvalue weighted by Crippen LogP contribution is 2.13. The van der Waals surface area contributed by atoms with Gasteiger partial charge in [-0.2, -0.15) is 0 Å². The minimum atomic E-state index is -0.458. The molecule has 0 radical (unpaired) electrons. The van der Waals surface area contributed by atoms with Gasteiger partial charge in [-0.1, -0.05) is 11.6 Å². The number of benzene rings is 1. The molecule has 0 aromatic heterocycles. The Labute approximate surface area is 142 Å². The quantitative estimate of drug-likeness (QED) is 0.880. The second-order valence-electron chi connectivity index (χ2n) is 6.70. The van der Waals surface area contributed by atoms with Crippen LogP contribution in [0.25, 0.3) is 0 Å². The summed E-state index contributed by atoms with van der Waals surface area (Å²) < 4.78 is 19.2. The fourth-order valence-electron chi connectivity index (χ4n) is 3.34. The lowest BCUT2D eigenvalue weighted by Gasteiger charge is -2.28. The van der Waals surface area contributed by atoms with Gasteiger partial charge in [0.1, 0.15) is 5.82 Å². The molecule has 2 fully saturated rings. The zero-order valence-electron chi connectivity index (χ0n) is 14.3. The van der Waals surface area contributed by atoms with E-state index in [0.717, 1.165) is 64.5 Å². The summed E-state index contributed by atoms with van der Waals surface area (Å²) in [6.07, 6.45) is 0.919. The third-order valence-electron chi connectivity index (χ3n) is 4.81. The van der Waals surface area contributed by atoms with Gasteiger partial charge in [-0.05, 0) is 25.5 Å². The minimum Gasteiger partial charge on any atom is -0.379 e. The number of aryl methyl sites for hydroxylation is 1. The van der Waals surface area contributed by atoms with Crippen molar-refractivity contribution in [2.75, 3.05) is 52.5 Å². The molecule has 5 nitrogen and oxygen atoms in total. The maximum Gasteiger partial charge on any atom is 0.254 e. The van der Waals surface area contributed by atoms with Crippen molar-refractivity contribution >= 4 is 5.91 Å². The zero-order valence-corrected chi connectivity index (χ0v) is 14.3. The van der Waals surface area contributed by atoms with Gasteiger partial charge >= 0.3 is 0 Å². The standard InChI is InChI=1S/C18H26FN3O2/c1-14-2-3-17(19)16(12-14)18(23)20-15-4-5-22(13-15)7-6-21-8-10-24-11-9-21/h2-3,12,15H,4-11,13H2,1H3,(H,20,23). The molecular formula is C18H26FN3O2. The summed E-state index contributed by atoms with van der Waals surface area (Å²) in [6.45, 7) is 9.36. The van der Waals surface area contributed by atoms with Crippen LogP contribution in [-0.4, -0.2) is 74.2 Å². The molecule has 0 aliphatic carbocycles. The largest absolute Gasteiger partial charge is 0.379 e. The Balaban J connectivity index is 1.45. The lowest BCUT2D eigenvalue weighted by Crippen LogP contribution is -2.42. The highest BCUT2D eigenvalue weighted by Gasteiger charge is 2.25. The van der Waals surface area contributed by atoms with Crippen molar-refractivity contribution < 1.29 is 13.9 Å². The van der Waals surface area contributed by atoms with E-state index in [1.807, 2.05) is 6.92 Å².